The highest BCUT2D eigenvalue weighted by molar-refractivity contribution is 6.05. The SMILES string of the molecule is Cc1ccc(-c2oc3ncnc(NC[C@@H]4CCCO4)c3c2-c2ccccc2)cc1. The standard InChI is InChI=1S/C24H23N3O2/c1-16-9-11-18(12-10-16)22-20(17-6-3-2-4-7-17)21-23(26-15-27-24(21)29-22)25-14-19-8-5-13-28-19/h2-4,6-7,9-12,15,19H,5,8,13-14H2,1H3,(H,25,26,27)/t19-/m0/s1. The molecule has 1 N–H and O–H groups in total. The number of hydrogen-bond acceptors (Lipinski definition) is 5. The lowest BCUT2D eigenvalue weighted by Crippen LogP contribution is -2.19. The van der Waals surface area contributed by atoms with Crippen molar-refractivity contribution in [2.75, 3.05) is 18.5 Å². The highest BCUT2D eigenvalue weighted by atomic mass is 16.5. The molecule has 1 aliphatic rings. The van der Waals surface area contributed by atoms with E-state index in [1.165, 1.54) is 5.56 Å². The zero-order chi connectivity index (χ0) is 19.6. The number of ether oxygens (including phenoxy) is 1. The third kappa shape index (κ3) is 3.49. The summed E-state index contributed by atoms with van der Waals surface area (Å²) < 4.78 is 12.0. The van der Waals surface area contributed by atoms with E-state index in [1.807, 2.05) is 18.2 Å². The van der Waals surface area contributed by atoms with Crippen molar-refractivity contribution in [3.63, 3.8) is 0 Å². The van der Waals surface area contributed by atoms with Crippen LogP contribution >= 0.6 is 0 Å². The molecular weight excluding hydrogens is 362 g/mol. The van der Waals surface area contributed by atoms with Gasteiger partial charge in [0.05, 0.1) is 11.5 Å². The molecule has 1 saturated heterocycles. The van der Waals surface area contributed by atoms with Crippen LogP contribution in [0.3, 0.4) is 0 Å². The number of aryl methyl sites for hydroxylation is 1. The van der Waals surface area contributed by atoms with Gasteiger partial charge in [0, 0.05) is 24.3 Å². The van der Waals surface area contributed by atoms with Gasteiger partial charge < -0.3 is 14.5 Å². The van der Waals surface area contributed by atoms with Crippen LogP contribution in [0.5, 0.6) is 0 Å². The Morgan fingerprint density at radius 1 is 1.00 bits per heavy atom. The number of benzene rings is 2. The molecule has 4 aromatic rings. The molecule has 1 fully saturated rings. The molecule has 0 aliphatic carbocycles. The Kier molecular flexibility index (Phi) is 4.74. The van der Waals surface area contributed by atoms with Crippen molar-refractivity contribution in [3.8, 4) is 22.5 Å². The number of hydrogen-bond donors (Lipinski definition) is 1. The van der Waals surface area contributed by atoms with E-state index in [1.54, 1.807) is 6.33 Å². The second-order valence-corrected chi connectivity index (χ2v) is 7.46. The van der Waals surface area contributed by atoms with Gasteiger partial charge in [-0.15, -0.1) is 0 Å². The minimum absolute atomic E-state index is 0.226. The maximum atomic E-state index is 6.27. The van der Waals surface area contributed by atoms with E-state index in [2.05, 4.69) is 58.6 Å². The van der Waals surface area contributed by atoms with Crippen LogP contribution < -0.4 is 5.32 Å². The average molecular weight is 385 g/mol. The van der Waals surface area contributed by atoms with Gasteiger partial charge in [0.15, 0.2) is 0 Å². The molecule has 146 valence electrons. The molecule has 0 bridgehead atoms. The van der Waals surface area contributed by atoms with E-state index in [9.17, 15) is 0 Å². The lowest BCUT2D eigenvalue weighted by Gasteiger charge is -2.12. The number of nitrogens with one attached hydrogen (secondary N) is 1. The number of fused-ring (bicyclic) bond motifs is 1. The molecular formula is C24H23N3O2. The van der Waals surface area contributed by atoms with Crippen LogP contribution in [0.4, 0.5) is 5.82 Å². The van der Waals surface area contributed by atoms with E-state index in [-0.39, 0.29) is 6.10 Å². The summed E-state index contributed by atoms with van der Waals surface area (Å²) in [5.74, 6) is 1.60. The third-order valence-corrected chi connectivity index (χ3v) is 5.39. The quantitative estimate of drug-likeness (QED) is 0.494. The molecule has 0 radical (unpaired) electrons. The molecule has 29 heavy (non-hydrogen) atoms. The predicted octanol–water partition coefficient (Wildman–Crippen LogP) is 5.46. The van der Waals surface area contributed by atoms with E-state index < -0.39 is 0 Å². The Labute approximate surface area is 169 Å². The van der Waals surface area contributed by atoms with Gasteiger partial charge in [0.1, 0.15) is 17.9 Å². The minimum Gasteiger partial charge on any atom is -0.437 e. The van der Waals surface area contributed by atoms with Crippen molar-refractivity contribution in [1.82, 2.24) is 9.97 Å². The van der Waals surface area contributed by atoms with Gasteiger partial charge in [-0.3, -0.25) is 0 Å². The first kappa shape index (κ1) is 17.9. The van der Waals surface area contributed by atoms with Crippen LogP contribution in [0.1, 0.15) is 18.4 Å². The molecule has 0 saturated carbocycles. The van der Waals surface area contributed by atoms with Crippen LogP contribution in [0, 0.1) is 6.92 Å². The van der Waals surface area contributed by atoms with Gasteiger partial charge in [0.25, 0.3) is 0 Å². The minimum atomic E-state index is 0.226. The number of nitrogens with zero attached hydrogens (tertiary/aromatic N) is 2. The zero-order valence-electron chi connectivity index (χ0n) is 16.4. The highest BCUT2D eigenvalue weighted by Gasteiger charge is 2.23. The van der Waals surface area contributed by atoms with Gasteiger partial charge in [-0.1, -0.05) is 60.2 Å². The Hall–Kier alpha value is -3.18. The summed E-state index contributed by atoms with van der Waals surface area (Å²) in [6, 6.07) is 18.7. The van der Waals surface area contributed by atoms with E-state index in [4.69, 9.17) is 9.15 Å². The molecule has 5 nitrogen and oxygen atoms in total. The maximum absolute atomic E-state index is 6.27. The van der Waals surface area contributed by atoms with E-state index in [0.717, 1.165) is 59.6 Å². The predicted molar refractivity (Wildman–Crippen MR) is 115 cm³/mol. The van der Waals surface area contributed by atoms with Crippen molar-refractivity contribution in [3.05, 3.63) is 66.5 Å². The van der Waals surface area contributed by atoms with Gasteiger partial charge in [-0.05, 0) is 25.3 Å². The Morgan fingerprint density at radius 2 is 1.83 bits per heavy atom. The Bertz CT molecular complexity index is 1110. The molecule has 5 rings (SSSR count). The Balaban J connectivity index is 1.66. The first-order valence-corrected chi connectivity index (χ1v) is 10.0. The summed E-state index contributed by atoms with van der Waals surface area (Å²) in [5.41, 5.74) is 4.92. The summed E-state index contributed by atoms with van der Waals surface area (Å²) >= 11 is 0. The largest absolute Gasteiger partial charge is 0.437 e. The molecule has 1 aliphatic heterocycles. The van der Waals surface area contributed by atoms with Crippen LogP contribution in [0.25, 0.3) is 33.6 Å². The number of rotatable bonds is 5. The van der Waals surface area contributed by atoms with Gasteiger partial charge in [0.2, 0.25) is 5.71 Å². The number of aromatic nitrogens is 2. The molecule has 1 atom stereocenters. The summed E-state index contributed by atoms with van der Waals surface area (Å²) in [5, 5.41) is 4.39. The molecule has 0 unspecified atom stereocenters. The normalized spacial score (nSPS) is 16.4. The van der Waals surface area contributed by atoms with Gasteiger partial charge in [-0.25, -0.2) is 9.97 Å². The molecule has 2 aromatic carbocycles. The topological polar surface area (TPSA) is 60.2 Å². The maximum Gasteiger partial charge on any atom is 0.232 e. The lowest BCUT2D eigenvalue weighted by molar-refractivity contribution is 0.120. The molecule has 0 amide bonds. The summed E-state index contributed by atoms with van der Waals surface area (Å²) in [6.45, 7) is 3.65. The van der Waals surface area contributed by atoms with Crippen molar-refractivity contribution >= 4 is 16.9 Å². The molecule has 2 aromatic heterocycles. The highest BCUT2D eigenvalue weighted by Crippen LogP contribution is 2.42. The number of furan rings is 1. The first-order chi connectivity index (χ1) is 14.3. The average Bonchev–Trinajstić information content (AvgIpc) is 3.41. The monoisotopic (exact) mass is 385 g/mol. The number of anilines is 1. The van der Waals surface area contributed by atoms with Crippen molar-refractivity contribution in [2.45, 2.75) is 25.9 Å². The lowest BCUT2D eigenvalue weighted by atomic mass is 9.99. The fraction of sp³-hybridized carbons (Fsp3) is 0.250. The Morgan fingerprint density at radius 3 is 2.59 bits per heavy atom. The molecule has 0 spiro atoms. The van der Waals surface area contributed by atoms with Crippen molar-refractivity contribution in [2.24, 2.45) is 0 Å². The second-order valence-electron chi connectivity index (χ2n) is 7.46. The second kappa shape index (κ2) is 7.68. The van der Waals surface area contributed by atoms with Gasteiger partial charge >= 0.3 is 0 Å². The zero-order valence-corrected chi connectivity index (χ0v) is 16.4. The van der Waals surface area contributed by atoms with Crippen LogP contribution in [0.15, 0.2) is 65.3 Å². The third-order valence-electron chi connectivity index (χ3n) is 5.39. The fourth-order valence-electron chi connectivity index (χ4n) is 3.87. The van der Waals surface area contributed by atoms with E-state index in [0.29, 0.717) is 5.71 Å². The summed E-state index contributed by atoms with van der Waals surface area (Å²) in [4.78, 5) is 8.96. The fourth-order valence-corrected chi connectivity index (χ4v) is 3.87. The first-order valence-electron chi connectivity index (χ1n) is 10.0. The van der Waals surface area contributed by atoms with Crippen molar-refractivity contribution in [1.29, 1.82) is 0 Å². The summed E-state index contributed by atoms with van der Waals surface area (Å²) in [7, 11) is 0. The van der Waals surface area contributed by atoms with Crippen LogP contribution in [-0.4, -0.2) is 29.2 Å². The van der Waals surface area contributed by atoms with E-state index >= 15 is 0 Å². The van der Waals surface area contributed by atoms with Crippen molar-refractivity contribution < 1.29 is 9.15 Å². The smallest absolute Gasteiger partial charge is 0.232 e. The summed E-state index contributed by atoms with van der Waals surface area (Å²) in [6.07, 6.45) is 3.97. The van der Waals surface area contributed by atoms with Gasteiger partial charge in [-0.2, -0.15) is 0 Å². The van der Waals surface area contributed by atoms with Crippen LogP contribution in [0.2, 0.25) is 0 Å². The molecule has 5 heteroatoms. The molecule has 3 heterocycles. The van der Waals surface area contributed by atoms with Crippen LogP contribution in [-0.2, 0) is 4.74 Å².